The Bertz CT molecular complexity index is 711. The molecular formula is C39H70O5. The zero-order valence-corrected chi connectivity index (χ0v) is 28.9. The molecule has 0 fully saturated rings. The first-order chi connectivity index (χ1) is 21.6. The highest BCUT2D eigenvalue weighted by Crippen LogP contribution is 2.14. The van der Waals surface area contributed by atoms with Gasteiger partial charge in [0.1, 0.15) is 19.3 Å². The minimum atomic E-state index is -0.986. The molecule has 0 aliphatic heterocycles. The van der Waals surface area contributed by atoms with Crippen LogP contribution < -0.4 is 0 Å². The third-order valence-electron chi connectivity index (χ3n) is 7.89. The van der Waals surface area contributed by atoms with Crippen molar-refractivity contribution in [2.24, 2.45) is 0 Å². The van der Waals surface area contributed by atoms with E-state index in [0.717, 1.165) is 32.1 Å². The van der Waals surface area contributed by atoms with Crippen LogP contribution in [0.2, 0.25) is 0 Å². The number of ether oxygens (including phenoxy) is 2. The number of esters is 2. The van der Waals surface area contributed by atoms with Crippen molar-refractivity contribution in [1.29, 1.82) is 0 Å². The van der Waals surface area contributed by atoms with E-state index in [9.17, 15) is 14.7 Å². The molecule has 0 saturated carbocycles. The lowest BCUT2D eigenvalue weighted by atomic mass is 10.0. The van der Waals surface area contributed by atoms with Crippen LogP contribution in [0.4, 0.5) is 0 Å². The van der Waals surface area contributed by atoms with Crippen LogP contribution in [0.3, 0.4) is 0 Å². The summed E-state index contributed by atoms with van der Waals surface area (Å²) in [7, 11) is 0. The zero-order chi connectivity index (χ0) is 32.2. The van der Waals surface area contributed by atoms with Crippen molar-refractivity contribution in [2.45, 2.75) is 187 Å². The van der Waals surface area contributed by atoms with E-state index >= 15 is 0 Å². The van der Waals surface area contributed by atoms with E-state index in [-0.39, 0.29) is 31.6 Å². The first kappa shape index (κ1) is 42.1. The topological polar surface area (TPSA) is 72.8 Å². The van der Waals surface area contributed by atoms with Gasteiger partial charge in [-0.1, -0.05) is 166 Å². The molecule has 5 nitrogen and oxygen atoms in total. The highest BCUT2D eigenvalue weighted by molar-refractivity contribution is 5.70. The van der Waals surface area contributed by atoms with Crippen LogP contribution in [0, 0.1) is 0 Å². The van der Waals surface area contributed by atoms with Crippen LogP contribution in [-0.4, -0.2) is 36.4 Å². The maximum absolute atomic E-state index is 11.9. The number of hydrogen-bond acceptors (Lipinski definition) is 5. The van der Waals surface area contributed by atoms with Gasteiger partial charge in [-0.3, -0.25) is 9.59 Å². The summed E-state index contributed by atoms with van der Waals surface area (Å²) in [5.74, 6) is -0.647. The minimum Gasteiger partial charge on any atom is -0.463 e. The average Bonchev–Trinajstić information content (AvgIpc) is 3.02. The number of aliphatic hydroxyl groups excluding tert-OH is 1. The Morgan fingerprint density at radius 3 is 1.32 bits per heavy atom. The fraction of sp³-hybridized carbons (Fsp3) is 0.795. The number of carbonyl (C=O) groups excluding carboxylic acids is 2. The second-order valence-electron chi connectivity index (χ2n) is 12.3. The summed E-state index contributed by atoms with van der Waals surface area (Å²) >= 11 is 0. The number of unbranched alkanes of at least 4 members (excludes halogenated alkanes) is 19. The molecule has 0 aromatic rings. The third-order valence-corrected chi connectivity index (χ3v) is 7.89. The molecule has 0 aromatic carbocycles. The average molecular weight is 619 g/mol. The summed E-state index contributed by atoms with van der Waals surface area (Å²) in [5, 5.41) is 9.97. The number of rotatable bonds is 33. The van der Waals surface area contributed by atoms with E-state index in [1.165, 1.54) is 116 Å². The molecule has 0 aliphatic rings. The van der Waals surface area contributed by atoms with Gasteiger partial charge in [-0.05, 0) is 38.5 Å². The van der Waals surface area contributed by atoms with E-state index < -0.39 is 6.10 Å². The SMILES string of the molecule is CCCCCC=CCC=CCC=CCCC(=O)OC[C@@H](O)COC(=O)CCCCCCCCCCCCCCCCCCC. The normalized spacial score (nSPS) is 12.5. The molecule has 1 N–H and O–H groups in total. The minimum absolute atomic E-state index is 0.134. The smallest absolute Gasteiger partial charge is 0.306 e. The van der Waals surface area contributed by atoms with Gasteiger partial charge in [0.25, 0.3) is 0 Å². The van der Waals surface area contributed by atoms with Gasteiger partial charge in [0, 0.05) is 12.8 Å². The summed E-state index contributed by atoms with van der Waals surface area (Å²) in [6, 6.07) is 0. The molecule has 1 atom stereocenters. The Hall–Kier alpha value is -1.88. The number of hydrogen-bond donors (Lipinski definition) is 1. The number of aliphatic hydroxyl groups is 1. The van der Waals surface area contributed by atoms with Crippen LogP contribution >= 0.6 is 0 Å². The molecular weight excluding hydrogens is 548 g/mol. The molecule has 0 amide bonds. The van der Waals surface area contributed by atoms with Gasteiger partial charge in [0.2, 0.25) is 0 Å². The molecule has 0 radical (unpaired) electrons. The Balaban J connectivity index is 3.49. The molecule has 0 bridgehead atoms. The van der Waals surface area contributed by atoms with Gasteiger partial charge in [-0.2, -0.15) is 0 Å². The molecule has 0 aromatic heterocycles. The van der Waals surface area contributed by atoms with E-state index in [4.69, 9.17) is 9.47 Å². The van der Waals surface area contributed by atoms with Crippen molar-refractivity contribution in [3.8, 4) is 0 Å². The van der Waals surface area contributed by atoms with E-state index in [0.29, 0.717) is 12.8 Å². The van der Waals surface area contributed by atoms with Crippen molar-refractivity contribution in [2.75, 3.05) is 13.2 Å². The highest BCUT2D eigenvalue weighted by Gasteiger charge is 2.11. The maximum atomic E-state index is 11.9. The largest absolute Gasteiger partial charge is 0.463 e. The second-order valence-corrected chi connectivity index (χ2v) is 12.3. The van der Waals surface area contributed by atoms with Crippen LogP contribution in [0.25, 0.3) is 0 Å². The lowest BCUT2D eigenvalue weighted by Gasteiger charge is -2.12. The molecule has 256 valence electrons. The summed E-state index contributed by atoms with van der Waals surface area (Å²) in [6.07, 6.45) is 42.1. The van der Waals surface area contributed by atoms with E-state index in [1.54, 1.807) is 0 Å². The molecule has 5 heteroatoms. The third kappa shape index (κ3) is 34.6. The number of carbonyl (C=O) groups is 2. The molecule has 0 aliphatic carbocycles. The predicted octanol–water partition coefficient (Wildman–Crippen LogP) is 11.3. The van der Waals surface area contributed by atoms with Gasteiger partial charge in [-0.25, -0.2) is 0 Å². The first-order valence-electron chi connectivity index (χ1n) is 18.5. The maximum Gasteiger partial charge on any atom is 0.306 e. The van der Waals surface area contributed by atoms with Crippen molar-refractivity contribution < 1.29 is 24.2 Å². The van der Waals surface area contributed by atoms with Crippen LogP contribution in [0.1, 0.15) is 181 Å². The quantitative estimate of drug-likeness (QED) is 0.0450. The number of allylic oxidation sites excluding steroid dienone is 6. The molecule has 0 spiro atoms. The molecule has 0 saturated heterocycles. The Labute approximate surface area is 272 Å². The molecule has 44 heavy (non-hydrogen) atoms. The molecule has 0 rings (SSSR count). The fourth-order valence-corrected chi connectivity index (χ4v) is 5.06. The van der Waals surface area contributed by atoms with Crippen LogP contribution in [0.5, 0.6) is 0 Å². The molecule has 0 unspecified atom stereocenters. The van der Waals surface area contributed by atoms with Crippen molar-refractivity contribution in [1.82, 2.24) is 0 Å². The van der Waals surface area contributed by atoms with Crippen LogP contribution in [0.15, 0.2) is 36.5 Å². The van der Waals surface area contributed by atoms with Gasteiger partial charge in [-0.15, -0.1) is 0 Å². The summed E-state index contributed by atoms with van der Waals surface area (Å²) in [4.78, 5) is 23.8. The van der Waals surface area contributed by atoms with Crippen molar-refractivity contribution in [3.63, 3.8) is 0 Å². The van der Waals surface area contributed by atoms with E-state index in [2.05, 4.69) is 38.2 Å². The van der Waals surface area contributed by atoms with Crippen molar-refractivity contribution in [3.05, 3.63) is 36.5 Å². The Morgan fingerprint density at radius 1 is 0.477 bits per heavy atom. The zero-order valence-electron chi connectivity index (χ0n) is 28.9. The highest BCUT2D eigenvalue weighted by atomic mass is 16.6. The molecule has 0 heterocycles. The lowest BCUT2D eigenvalue weighted by molar-refractivity contribution is -0.152. The standard InChI is InChI=1S/C39H70O5/c1-3-5-7-9-11-13-15-17-18-19-20-22-24-26-28-30-32-34-39(42)44-36-37(40)35-43-38(41)33-31-29-27-25-23-21-16-14-12-10-8-6-4-2/h12,14,21,23,27,29,37,40H,3-11,13,15-20,22,24-26,28,30-36H2,1-2H3/t37-/m1/s1. The first-order valence-corrected chi connectivity index (χ1v) is 18.5. The van der Waals surface area contributed by atoms with Gasteiger partial charge < -0.3 is 14.6 Å². The monoisotopic (exact) mass is 619 g/mol. The Morgan fingerprint density at radius 2 is 0.841 bits per heavy atom. The lowest BCUT2D eigenvalue weighted by Crippen LogP contribution is -2.25. The Kier molecular flexibility index (Phi) is 34.1. The van der Waals surface area contributed by atoms with Gasteiger partial charge >= 0.3 is 11.9 Å². The summed E-state index contributed by atoms with van der Waals surface area (Å²) in [6.45, 7) is 4.21. The van der Waals surface area contributed by atoms with Gasteiger partial charge in [0.15, 0.2) is 0 Å². The summed E-state index contributed by atoms with van der Waals surface area (Å²) in [5.41, 5.74) is 0. The summed E-state index contributed by atoms with van der Waals surface area (Å²) < 4.78 is 10.3. The predicted molar refractivity (Wildman–Crippen MR) is 187 cm³/mol. The second kappa shape index (κ2) is 35.6. The van der Waals surface area contributed by atoms with Crippen molar-refractivity contribution >= 4 is 11.9 Å². The van der Waals surface area contributed by atoms with Gasteiger partial charge in [0.05, 0.1) is 0 Å². The van der Waals surface area contributed by atoms with Crippen LogP contribution in [-0.2, 0) is 19.1 Å². The fourth-order valence-electron chi connectivity index (χ4n) is 5.06. The van der Waals surface area contributed by atoms with E-state index in [1.807, 2.05) is 12.2 Å².